The number of amides is 3. The van der Waals surface area contributed by atoms with Crippen LogP contribution >= 0.6 is 11.8 Å². The highest BCUT2D eigenvalue weighted by Crippen LogP contribution is 2.28. The first-order valence-electron chi connectivity index (χ1n) is 12.9. The summed E-state index contributed by atoms with van der Waals surface area (Å²) < 4.78 is 0. The lowest BCUT2D eigenvalue weighted by Gasteiger charge is -2.27. The zero-order valence-electron chi connectivity index (χ0n) is 21.3. The lowest BCUT2D eigenvalue weighted by atomic mass is 10.1. The van der Waals surface area contributed by atoms with Crippen LogP contribution in [0.2, 0.25) is 0 Å². The van der Waals surface area contributed by atoms with E-state index in [-0.39, 0.29) is 5.91 Å². The summed E-state index contributed by atoms with van der Waals surface area (Å²) >= 11 is 1.73. The van der Waals surface area contributed by atoms with E-state index in [1.54, 1.807) is 17.8 Å². The highest BCUT2D eigenvalue weighted by atomic mass is 32.2. The molecule has 8 heteroatoms. The number of hydrogen-bond donors (Lipinski definition) is 1. The number of benzene rings is 1. The first kappa shape index (κ1) is 29.0. The fourth-order valence-corrected chi connectivity index (χ4v) is 5.65. The summed E-state index contributed by atoms with van der Waals surface area (Å²) in [5.41, 5.74) is 1.55. The molecule has 2 rings (SSSR count). The maximum Gasteiger partial charge on any atom is 0.243 e. The molecule has 35 heavy (non-hydrogen) atoms. The lowest BCUT2D eigenvalue weighted by molar-refractivity contribution is -0.132. The minimum Gasteiger partial charge on any atom is -0.343 e. The summed E-state index contributed by atoms with van der Waals surface area (Å²) in [7, 11) is 1.85. The van der Waals surface area contributed by atoms with Crippen LogP contribution in [0.3, 0.4) is 0 Å². The number of piperidine rings is 1. The van der Waals surface area contributed by atoms with Crippen molar-refractivity contribution in [3.05, 3.63) is 29.3 Å². The van der Waals surface area contributed by atoms with Crippen LogP contribution in [0.5, 0.6) is 0 Å². The van der Waals surface area contributed by atoms with Crippen molar-refractivity contribution < 1.29 is 19.2 Å². The van der Waals surface area contributed by atoms with Gasteiger partial charge in [0, 0.05) is 36.5 Å². The molecule has 0 aromatic heterocycles. The number of imide groups is 1. The fraction of sp³-hybridized carbons (Fsp3) is 0.630. The van der Waals surface area contributed by atoms with Crippen LogP contribution in [0.1, 0.15) is 87.1 Å². The zero-order valence-corrected chi connectivity index (χ0v) is 22.1. The monoisotopic (exact) mass is 503 g/mol. The molecule has 7 nitrogen and oxygen atoms in total. The molecule has 1 atom stereocenters. The van der Waals surface area contributed by atoms with Gasteiger partial charge >= 0.3 is 0 Å². The number of rotatable bonds is 16. The number of hydrogen-bond acceptors (Lipinski definition) is 6. The Morgan fingerprint density at radius 2 is 1.86 bits per heavy atom. The van der Waals surface area contributed by atoms with Crippen molar-refractivity contribution in [2.24, 2.45) is 0 Å². The van der Waals surface area contributed by atoms with Crippen LogP contribution < -0.4 is 5.32 Å². The molecule has 0 saturated carbocycles. The van der Waals surface area contributed by atoms with Gasteiger partial charge < -0.3 is 4.90 Å². The van der Waals surface area contributed by atoms with Crippen molar-refractivity contribution in [3.8, 4) is 0 Å². The number of likely N-dealkylation sites (tertiary alicyclic amines) is 1. The molecule has 1 saturated heterocycles. The summed E-state index contributed by atoms with van der Waals surface area (Å²) in [4.78, 5) is 52.1. The van der Waals surface area contributed by atoms with Crippen LogP contribution in [0, 0.1) is 0 Å². The number of likely N-dealkylation sites (N-methyl/N-ethyl adjacent to an activating group) is 1. The summed E-state index contributed by atoms with van der Waals surface area (Å²) in [6.45, 7) is 4.30. The molecule has 194 valence electrons. The molecule has 0 bridgehead atoms. The molecule has 0 spiro atoms. The summed E-state index contributed by atoms with van der Waals surface area (Å²) in [6.07, 6.45) is 11.0. The predicted molar refractivity (Wildman–Crippen MR) is 140 cm³/mol. The van der Waals surface area contributed by atoms with E-state index >= 15 is 0 Å². The van der Waals surface area contributed by atoms with E-state index in [1.807, 2.05) is 35.9 Å². The Morgan fingerprint density at radius 1 is 1.11 bits per heavy atom. The number of unbranched alkanes of at least 4 members (excludes halogenated alkanes) is 3. The zero-order chi connectivity index (χ0) is 25.5. The van der Waals surface area contributed by atoms with Gasteiger partial charge in [0.2, 0.25) is 18.2 Å². The molecule has 0 aliphatic carbocycles. The van der Waals surface area contributed by atoms with Gasteiger partial charge in [0.25, 0.3) is 0 Å². The fourth-order valence-electron chi connectivity index (χ4n) is 4.55. The normalized spacial score (nSPS) is 14.5. The molecule has 1 heterocycles. The van der Waals surface area contributed by atoms with Gasteiger partial charge in [0.15, 0.2) is 0 Å². The van der Waals surface area contributed by atoms with E-state index in [0.717, 1.165) is 80.5 Å². The second kappa shape index (κ2) is 16.5. The van der Waals surface area contributed by atoms with Crippen LogP contribution in [-0.2, 0) is 20.9 Å². The molecule has 1 unspecified atom stereocenters. The van der Waals surface area contributed by atoms with E-state index < -0.39 is 6.04 Å². The first-order valence-corrected chi connectivity index (χ1v) is 13.9. The van der Waals surface area contributed by atoms with Gasteiger partial charge in [0.05, 0.1) is 6.04 Å². The van der Waals surface area contributed by atoms with Crippen molar-refractivity contribution >= 4 is 36.3 Å². The molecule has 1 aliphatic rings. The third kappa shape index (κ3) is 9.76. The lowest BCUT2D eigenvalue weighted by Crippen LogP contribution is -2.44. The average molecular weight is 504 g/mol. The number of nitrogens with one attached hydrogen (secondary N) is 1. The Morgan fingerprint density at radius 3 is 2.54 bits per heavy atom. The summed E-state index contributed by atoms with van der Waals surface area (Å²) in [5.74, 6) is 0.922. The summed E-state index contributed by atoms with van der Waals surface area (Å²) in [5, 5.41) is 2.26. The van der Waals surface area contributed by atoms with Gasteiger partial charge in [-0.15, -0.1) is 11.8 Å². The second-order valence-electron chi connectivity index (χ2n) is 9.24. The highest BCUT2D eigenvalue weighted by molar-refractivity contribution is 7.99. The molecule has 1 N–H and O–H groups in total. The molecule has 1 aliphatic heterocycles. The van der Waals surface area contributed by atoms with E-state index in [1.165, 1.54) is 6.42 Å². The Kier molecular flexibility index (Phi) is 13.7. The molecular weight excluding hydrogens is 462 g/mol. The Bertz CT molecular complexity index is 827. The van der Waals surface area contributed by atoms with Gasteiger partial charge in [-0.05, 0) is 63.0 Å². The first-order chi connectivity index (χ1) is 17.0. The van der Waals surface area contributed by atoms with Gasteiger partial charge in [-0.2, -0.15) is 0 Å². The van der Waals surface area contributed by atoms with Crippen molar-refractivity contribution in [1.29, 1.82) is 0 Å². The number of carbonyl (C=O) groups excluding carboxylic acids is 4. The minimum absolute atomic E-state index is 0.307. The third-order valence-corrected chi connectivity index (χ3v) is 7.74. The minimum atomic E-state index is -0.435. The van der Waals surface area contributed by atoms with Crippen molar-refractivity contribution in [3.63, 3.8) is 0 Å². The third-order valence-electron chi connectivity index (χ3n) is 6.55. The Labute approximate surface area is 214 Å². The molecule has 1 fully saturated rings. The standard InChI is InChI=1S/C27H41N3O4S/c1-3-12-24(27(34)28-21-32)29(2)19-23-22(20-31)13-11-14-25(23)35-18-10-5-4-7-15-26(33)30-16-8-6-9-17-30/h11,13-14,20-21,24H,3-10,12,15-19H2,1-2H3,(H,28,32,34). The van der Waals surface area contributed by atoms with Crippen LogP contribution in [0.15, 0.2) is 23.1 Å². The number of carbonyl (C=O) groups is 4. The molecule has 0 radical (unpaired) electrons. The van der Waals surface area contributed by atoms with E-state index in [2.05, 4.69) is 5.32 Å². The second-order valence-corrected chi connectivity index (χ2v) is 10.4. The van der Waals surface area contributed by atoms with Gasteiger partial charge in [-0.25, -0.2) is 0 Å². The van der Waals surface area contributed by atoms with Crippen LogP contribution in [0.4, 0.5) is 0 Å². The predicted octanol–water partition coefficient (Wildman–Crippen LogP) is 4.43. The largest absolute Gasteiger partial charge is 0.343 e. The maximum absolute atomic E-state index is 12.4. The Hall–Kier alpha value is -2.19. The number of thioether (sulfide) groups is 1. The number of nitrogens with zero attached hydrogens (tertiary/aromatic N) is 2. The molecule has 3 amide bonds. The van der Waals surface area contributed by atoms with E-state index in [4.69, 9.17) is 0 Å². The van der Waals surface area contributed by atoms with Crippen molar-refractivity contribution in [2.75, 3.05) is 25.9 Å². The quantitative estimate of drug-likeness (QED) is 0.204. The molecule has 1 aromatic rings. The highest BCUT2D eigenvalue weighted by Gasteiger charge is 2.24. The smallest absolute Gasteiger partial charge is 0.243 e. The van der Waals surface area contributed by atoms with Crippen LogP contribution in [-0.4, -0.2) is 66.2 Å². The Balaban J connectivity index is 1.84. The van der Waals surface area contributed by atoms with Crippen molar-refractivity contribution in [2.45, 2.75) is 88.6 Å². The average Bonchev–Trinajstić information content (AvgIpc) is 2.87. The van der Waals surface area contributed by atoms with Gasteiger partial charge in [-0.1, -0.05) is 38.3 Å². The van der Waals surface area contributed by atoms with Gasteiger partial charge in [-0.3, -0.25) is 29.4 Å². The van der Waals surface area contributed by atoms with E-state index in [0.29, 0.717) is 37.3 Å². The number of aldehydes is 1. The summed E-state index contributed by atoms with van der Waals surface area (Å²) in [6, 6.07) is 5.29. The molecular formula is C27H41N3O4S. The van der Waals surface area contributed by atoms with Gasteiger partial charge in [0.1, 0.15) is 6.29 Å². The molecule has 1 aromatic carbocycles. The van der Waals surface area contributed by atoms with E-state index in [9.17, 15) is 19.2 Å². The van der Waals surface area contributed by atoms with Crippen molar-refractivity contribution in [1.82, 2.24) is 15.1 Å². The topological polar surface area (TPSA) is 86.8 Å². The maximum atomic E-state index is 12.4. The SMILES string of the molecule is CCCC(C(=O)NC=O)N(C)Cc1c(C=O)cccc1SCCCCCCC(=O)N1CCCCC1. The van der Waals surface area contributed by atoms with Crippen LogP contribution in [0.25, 0.3) is 0 Å².